The molecule has 6 aliphatic carbocycles. The molecule has 6 saturated carbocycles. The number of fused-ring (bicyclic) bond motifs is 10. The second-order valence-corrected chi connectivity index (χ2v) is 10.8. The minimum absolute atomic E-state index is 0.0497. The van der Waals surface area contributed by atoms with Gasteiger partial charge in [0.25, 0.3) is 0 Å². The van der Waals surface area contributed by atoms with Gasteiger partial charge in [-0.05, 0) is 79.4 Å². The zero-order valence-corrected chi connectivity index (χ0v) is 14.9. The molecule has 11 atom stereocenters. The number of hydrogen-bond acceptors (Lipinski definition) is 3. The molecule has 132 valence electrons. The second kappa shape index (κ2) is 3.96. The van der Waals surface area contributed by atoms with Crippen molar-refractivity contribution in [3.8, 4) is 0 Å². The number of aliphatic hydroxyl groups excluding tert-OH is 1. The highest BCUT2D eigenvalue weighted by atomic mass is 16.3. The van der Waals surface area contributed by atoms with Crippen molar-refractivity contribution in [1.29, 1.82) is 0 Å². The summed E-state index contributed by atoms with van der Waals surface area (Å²) < 4.78 is 0. The normalized spacial score (nSPS) is 69.1. The Morgan fingerprint density at radius 1 is 1.04 bits per heavy atom. The molecule has 0 radical (unpaired) electrons. The molecule has 0 heterocycles. The fourth-order valence-corrected chi connectivity index (χ4v) is 8.83. The van der Waals surface area contributed by atoms with E-state index in [2.05, 4.69) is 13.8 Å². The van der Waals surface area contributed by atoms with Crippen molar-refractivity contribution < 1.29 is 15.0 Å². The highest BCUT2D eigenvalue weighted by molar-refractivity contribution is 5.92. The van der Waals surface area contributed by atoms with Crippen molar-refractivity contribution in [3.05, 3.63) is 0 Å². The van der Waals surface area contributed by atoms with Crippen LogP contribution in [0.5, 0.6) is 0 Å². The first kappa shape index (κ1) is 14.7. The lowest BCUT2D eigenvalue weighted by Crippen LogP contribution is -2.64. The highest BCUT2D eigenvalue weighted by Gasteiger charge is 2.78. The summed E-state index contributed by atoms with van der Waals surface area (Å²) in [4.78, 5) is 12.9. The third-order valence-electron chi connectivity index (χ3n) is 10.1. The molecule has 0 aromatic carbocycles. The van der Waals surface area contributed by atoms with Gasteiger partial charge in [-0.3, -0.25) is 4.79 Å². The lowest BCUT2D eigenvalue weighted by Gasteiger charge is -2.63. The lowest BCUT2D eigenvalue weighted by atomic mass is 9.43. The van der Waals surface area contributed by atoms with E-state index in [1.165, 1.54) is 0 Å². The van der Waals surface area contributed by atoms with Crippen LogP contribution in [0.15, 0.2) is 0 Å². The molecule has 6 rings (SSSR count). The fraction of sp³-hybridized carbons (Fsp3) is 0.952. The van der Waals surface area contributed by atoms with Crippen LogP contribution in [0, 0.1) is 52.3 Å². The Morgan fingerprint density at radius 2 is 1.83 bits per heavy atom. The first-order chi connectivity index (χ1) is 11.3. The first-order valence-electron chi connectivity index (χ1n) is 10.3. The Labute approximate surface area is 144 Å². The Hall–Kier alpha value is -0.410. The van der Waals surface area contributed by atoms with E-state index in [4.69, 9.17) is 0 Å². The van der Waals surface area contributed by atoms with Crippen molar-refractivity contribution in [1.82, 2.24) is 0 Å². The lowest BCUT2D eigenvalue weighted by molar-refractivity contribution is -0.225. The van der Waals surface area contributed by atoms with Crippen LogP contribution in [0.3, 0.4) is 0 Å². The summed E-state index contributed by atoms with van der Waals surface area (Å²) in [7, 11) is 0. The van der Waals surface area contributed by atoms with E-state index in [0.29, 0.717) is 53.6 Å². The highest BCUT2D eigenvalue weighted by Crippen LogP contribution is 2.78. The van der Waals surface area contributed by atoms with Gasteiger partial charge in [0.05, 0.1) is 11.7 Å². The Bertz CT molecular complexity index is 645. The van der Waals surface area contributed by atoms with Crippen LogP contribution in [0.1, 0.15) is 58.8 Å². The summed E-state index contributed by atoms with van der Waals surface area (Å²) in [6.07, 6.45) is 6.50. The van der Waals surface area contributed by atoms with Crippen LogP contribution in [-0.2, 0) is 4.79 Å². The summed E-state index contributed by atoms with van der Waals surface area (Å²) in [6.45, 7) is 4.60. The Kier molecular flexibility index (Phi) is 2.43. The molecule has 3 heteroatoms. The third kappa shape index (κ3) is 1.37. The van der Waals surface area contributed by atoms with Gasteiger partial charge < -0.3 is 10.2 Å². The molecule has 24 heavy (non-hydrogen) atoms. The standard InChI is InChI=1S/C21H30O3/c1-19-5-4-14-16(17(19)11-7-12(11)18(19)23)13-8-15(13)21(24)9-10(22)3-6-20(14,21)2/h10-17,22,24H,3-9H2,1-2H3/t10-,11+,12-,13?,14?,15?,16?,17?,19-,20+,21+/m0/s1. The molecule has 0 bridgehead atoms. The summed E-state index contributed by atoms with van der Waals surface area (Å²) in [5, 5.41) is 21.9. The van der Waals surface area contributed by atoms with E-state index >= 15 is 0 Å². The van der Waals surface area contributed by atoms with Crippen LogP contribution in [-0.4, -0.2) is 27.7 Å². The van der Waals surface area contributed by atoms with Crippen LogP contribution in [0.4, 0.5) is 0 Å². The van der Waals surface area contributed by atoms with E-state index in [9.17, 15) is 15.0 Å². The van der Waals surface area contributed by atoms with Gasteiger partial charge in [-0.15, -0.1) is 0 Å². The summed E-state index contributed by atoms with van der Waals surface area (Å²) in [5.74, 6) is 4.46. The monoisotopic (exact) mass is 330 g/mol. The Morgan fingerprint density at radius 3 is 2.62 bits per heavy atom. The molecule has 0 aliphatic heterocycles. The van der Waals surface area contributed by atoms with E-state index in [-0.39, 0.29) is 16.9 Å². The minimum atomic E-state index is -0.657. The van der Waals surface area contributed by atoms with E-state index < -0.39 is 5.60 Å². The van der Waals surface area contributed by atoms with Gasteiger partial charge in [0.1, 0.15) is 5.78 Å². The average molecular weight is 330 g/mol. The van der Waals surface area contributed by atoms with Crippen molar-refractivity contribution in [2.75, 3.05) is 0 Å². The number of ketones is 1. The largest absolute Gasteiger partial charge is 0.393 e. The topological polar surface area (TPSA) is 57.5 Å². The zero-order chi connectivity index (χ0) is 16.6. The van der Waals surface area contributed by atoms with Crippen LogP contribution >= 0.6 is 0 Å². The maximum atomic E-state index is 12.9. The van der Waals surface area contributed by atoms with Gasteiger partial charge in [0, 0.05) is 17.8 Å². The molecule has 6 aliphatic rings. The van der Waals surface area contributed by atoms with Gasteiger partial charge in [-0.25, -0.2) is 0 Å². The summed E-state index contributed by atoms with van der Waals surface area (Å²) >= 11 is 0. The predicted molar refractivity (Wildman–Crippen MR) is 88.9 cm³/mol. The molecule has 3 nitrogen and oxygen atoms in total. The van der Waals surface area contributed by atoms with Crippen molar-refractivity contribution in [2.45, 2.75) is 70.5 Å². The van der Waals surface area contributed by atoms with Crippen LogP contribution in [0.25, 0.3) is 0 Å². The second-order valence-electron chi connectivity index (χ2n) is 10.8. The predicted octanol–water partition coefficient (Wildman–Crippen LogP) is 2.79. The third-order valence-corrected chi connectivity index (χ3v) is 10.1. The first-order valence-corrected chi connectivity index (χ1v) is 10.3. The number of hydrogen-bond donors (Lipinski definition) is 2. The van der Waals surface area contributed by atoms with Gasteiger partial charge >= 0.3 is 0 Å². The summed E-state index contributed by atoms with van der Waals surface area (Å²) in [6, 6.07) is 0. The molecular formula is C21H30O3. The number of rotatable bonds is 0. The molecule has 0 saturated heterocycles. The average Bonchev–Trinajstić information content (AvgIpc) is 3.41. The molecule has 0 spiro atoms. The number of carbonyl (C=O) groups excluding carboxylic acids is 1. The molecule has 2 N–H and O–H groups in total. The molecule has 5 unspecified atom stereocenters. The van der Waals surface area contributed by atoms with E-state index in [0.717, 1.165) is 38.5 Å². The van der Waals surface area contributed by atoms with Crippen molar-refractivity contribution >= 4 is 5.78 Å². The van der Waals surface area contributed by atoms with Crippen LogP contribution in [0.2, 0.25) is 0 Å². The zero-order valence-electron chi connectivity index (χ0n) is 14.9. The molecule has 0 aromatic heterocycles. The maximum absolute atomic E-state index is 12.9. The van der Waals surface area contributed by atoms with Crippen LogP contribution < -0.4 is 0 Å². The molecule has 0 aromatic rings. The minimum Gasteiger partial charge on any atom is -0.393 e. The van der Waals surface area contributed by atoms with Gasteiger partial charge in [0.2, 0.25) is 0 Å². The van der Waals surface area contributed by atoms with Crippen molar-refractivity contribution in [3.63, 3.8) is 0 Å². The summed E-state index contributed by atoms with van der Waals surface area (Å²) in [5.41, 5.74) is -0.760. The van der Waals surface area contributed by atoms with E-state index in [1.54, 1.807) is 0 Å². The maximum Gasteiger partial charge on any atom is 0.142 e. The van der Waals surface area contributed by atoms with Gasteiger partial charge in [0.15, 0.2) is 0 Å². The van der Waals surface area contributed by atoms with Gasteiger partial charge in [-0.2, -0.15) is 0 Å². The smallest absolute Gasteiger partial charge is 0.142 e. The number of aliphatic hydroxyl groups is 2. The SMILES string of the molecule is C[C@]12CCC3C(C4CC4[C@]4(O)C[C@@H](O)CC[C@]34C)C1[C@@H]1C[C@@H]1C2=O. The quantitative estimate of drug-likeness (QED) is 0.718. The molecular weight excluding hydrogens is 300 g/mol. The Balaban J connectivity index is 1.45. The van der Waals surface area contributed by atoms with E-state index in [1.807, 2.05) is 0 Å². The van der Waals surface area contributed by atoms with Crippen molar-refractivity contribution in [2.24, 2.45) is 52.3 Å². The number of Topliss-reactive ketones (excluding diaryl/α,β-unsaturated/α-hetero) is 1. The van der Waals surface area contributed by atoms with Gasteiger partial charge in [-0.1, -0.05) is 13.8 Å². The molecule has 6 fully saturated rings. The molecule has 0 amide bonds. The fourth-order valence-electron chi connectivity index (χ4n) is 8.83. The number of carbonyl (C=O) groups is 1.